The third kappa shape index (κ3) is 3.08. The minimum atomic E-state index is -0.116. The van der Waals surface area contributed by atoms with Crippen LogP contribution in [0.1, 0.15) is 23.2 Å². The fourth-order valence-electron chi connectivity index (χ4n) is 4.32. The van der Waals surface area contributed by atoms with Crippen molar-refractivity contribution in [2.45, 2.75) is 18.9 Å². The average molecular weight is 416 g/mol. The standard InChI is InChI=1S/C21H19Cl2N3O2/c22-14-4-2-5-15(23)18(14)21-25-19-13(3-1-6-17(19)28-21)20(27)24-16-11-26-9-7-12(16)8-10-26/h1-6,12,16H,7-11H2,(H,24,27)/t16-/m1/s1. The number of fused-ring (bicyclic) bond motifs is 4. The van der Waals surface area contributed by atoms with Crippen LogP contribution in [0.3, 0.4) is 0 Å². The van der Waals surface area contributed by atoms with Gasteiger partial charge in [-0.3, -0.25) is 4.79 Å². The molecule has 3 saturated heterocycles. The lowest BCUT2D eigenvalue weighted by Gasteiger charge is -2.44. The van der Waals surface area contributed by atoms with Gasteiger partial charge in [-0.05, 0) is 56.1 Å². The number of amides is 1. The summed E-state index contributed by atoms with van der Waals surface area (Å²) in [7, 11) is 0. The molecule has 3 aliphatic rings. The number of carbonyl (C=O) groups excluding carboxylic acids is 1. The Morgan fingerprint density at radius 3 is 2.50 bits per heavy atom. The quantitative estimate of drug-likeness (QED) is 0.677. The molecular weight excluding hydrogens is 397 g/mol. The molecular formula is C21H19Cl2N3O2. The highest BCUT2D eigenvalue weighted by molar-refractivity contribution is 6.39. The van der Waals surface area contributed by atoms with Crippen molar-refractivity contribution in [2.24, 2.45) is 5.92 Å². The summed E-state index contributed by atoms with van der Waals surface area (Å²) in [5.41, 5.74) is 2.10. The molecule has 0 radical (unpaired) electrons. The van der Waals surface area contributed by atoms with Crippen LogP contribution in [-0.4, -0.2) is 41.5 Å². The van der Waals surface area contributed by atoms with Crippen LogP contribution < -0.4 is 5.32 Å². The van der Waals surface area contributed by atoms with Gasteiger partial charge in [-0.2, -0.15) is 0 Å². The highest BCUT2D eigenvalue weighted by Crippen LogP contribution is 2.36. The summed E-state index contributed by atoms with van der Waals surface area (Å²) >= 11 is 12.6. The van der Waals surface area contributed by atoms with Gasteiger partial charge in [0.25, 0.3) is 5.91 Å². The fraction of sp³-hybridized carbons (Fsp3) is 0.333. The first-order valence-electron chi connectivity index (χ1n) is 9.47. The Hall–Kier alpha value is -2.08. The summed E-state index contributed by atoms with van der Waals surface area (Å²) in [4.78, 5) is 20.0. The van der Waals surface area contributed by atoms with Crippen LogP contribution >= 0.6 is 23.2 Å². The second-order valence-electron chi connectivity index (χ2n) is 7.49. The Morgan fingerprint density at radius 1 is 1.11 bits per heavy atom. The smallest absolute Gasteiger partial charge is 0.253 e. The molecule has 0 saturated carbocycles. The van der Waals surface area contributed by atoms with E-state index in [-0.39, 0.29) is 11.9 Å². The molecule has 7 heteroatoms. The number of para-hydroxylation sites is 1. The van der Waals surface area contributed by atoms with Crippen LogP contribution in [0, 0.1) is 5.92 Å². The zero-order chi connectivity index (χ0) is 19.3. The highest BCUT2D eigenvalue weighted by Gasteiger charge is 2.35. The fourth-order valence-corrected chi connectivity index (χ4v) is 4.87. The molecule has 3 aliphatic heterocycles. The van der Waals surface area contributed by atoms with Crippen LogP contribution in [0.15, 0.2) is 40.8 Å². The number of rotatable bonds is 3. The second kappa shape index (κ2) is 7.07. The summed E-state index contributed by atoms with van der Waals surface area (Å²) in [6, 6.07) is 10.8. The molecule has 2 bridgehead atoms. The van der Waals surface area contributed by atoms with Gasteiger partial charge in [-0.1, -0.05) is 35.3 Å². The number of benzene rings is 2. The molecule has 6 rings (SSSR count). The lowest BCUT2D eigenvalue weighted by molar-refractivity contribution is 0.0621. The molecule has 1 amide bonds. The number of hydrogen-bond acceptors (Lipinski definition) is 4. The van der Waals surface area contributed by atoms with Gasteiger partial charge >= 0.3 is 0 Å². The molecule has 0 spiro atoms. The zero-order valence-corrected chi connectivity index (χ0v) is 16.6. The summed E-state index contributed by atoms with van der Waals surface area (Å²) in [5.74, 6) is 0.756. The second-order valence-corrected chi connectivity index (χ2v) is 8.30. The van der Waals surface area contributed by atoms with E-state index in [0.29, 0.717) is 44.1 Å². The number of nitrogens with one attached hydrogen (secondary N) is 1. The molecule has 4 heterocycles. The molecule has 3 aromatic rings. The van der Waals surface area contributed by atoms with E-state index in [1.807, 2.05) is 0 Å². The van der Waals surface area contributed by atoms with Crippen LogP contribution in [0.25, 0.3) is 22.6 Å². The third-order valence-electron chi connectivity index (χ3n) is 5.81. The minimum Gasteiger partial charge on any atom is -0.436 e. The van der Waals surface area contributed by atoms with Gasteiger partial charge in [0, 0.05) is 12.6 Å². The SMILES string of the molecule is O=C(N[C@@H]1CN2CCC1CC2)c1cccc2oc(-c3c(Cl)cccc3Cl)nc12. The highest BCUT2D eigenvalue weighted by atomic mass is 35.5. The Bertz CT molecular complexity index is 1040. The predicted octanol–water partition coefficient (Wildman–Crippen LogP) is 4.63. The van der Waals surface area contributed by atoms with Crippen molar-refractivity contribution in [1.29, 1.82) is 0 Å². The first-order chi connectivity index (χ1) is 13.6. The van der Waals surface area contributed by atoms with Crippen LogP contribution in [0.5, 0.6) is 0 Å². The number of carbonyl (C=O) groups is 1. The number of oxazole rings is 1. The number of nitrogens with zero attached hydrogens (tertiary/aromatic N) is 2. The monoisotopic (exact) mass is 415 g/mol. The average Bonchev–Trinajstić information content (AvgIpc) is 3.12. The molecule has 28 heavy (non-hydrogen) atoms. The number of aromatic nitrogens is 1. The Balaban J connectivity index is 1.48. The molecule has 0 unspecified atom stereocenters. The molecule has 2 aromatic carbocycles. The number of piperidine rings is 3. The summed E-state index contributed by atoms with van der Waals surface area (Å²) in [6.45, 7) is 3.20. The van der Waals surface area contributed by atoms with Gasteiger partial charge in [0.2, 0.25) is 5.89 Å². The Kier molecular flexibility index (Phi) is 4.54. The normalized spacial score (nSPS) is 23.9. The Morgan fingerprint density at radius 2 is 1.82 bits per heavy atom. The third-order valence-corrected chi connectivity index (χ3v) is 6.44. The van der Waals surface area contributed by atoms with Crippen molar-refractivity contribution < 1.29 is 9.21 Å². The van der Waals surface area contributed by atoms with E-state index in [0.717, 1.165) is 32.5 Å². The molecule has 0 aliphatic carbocycles. The molecule has 1 atom stereocenters. The maximum atomic E-state index is 13.0. The summed E-state index contributed by atoms with van der Waals surface area (Å²) in [5, 5.41) is 4.13. The lowest BCUT2D eigenvalue weighted by Crippen LogP contribution is -2.57. The minimum absolute atomic E-state index is 0.116. The van der Waals surface area contributed by atoms with Crippen molar-refractivity contribution in [2.75, 3.05) is 19.6 Å². The van der Waals surface area contributed by atoms with E-state index in [1.165, 1.54) is 0 Å². The zero-order valence-electron chi connectivity index (χ0n) is 15.1. The molecule has 1 aromatic heterocycles. The molecule has 5 nitrogen and oxygen atoms in total. The van der Waals surface area contributed by atoms with Gasteiger partial charge in [-0.15, -0.1) is 0 Å². The summed E-state index contributed by atoms with van der Waals surface area (Å²) in [6.07, 6.45) is 2.29. The molecule has 1 N–H and O–H groups in total. The van der Waals surface area contributed by atoms with E-state index in [2.05, 4.69) is 15.2 Å². The van der Waals surface area contributed by atoms with Crippen LogP contribution in [0.4, 0.5) is 0 Å². The van der Waals surface area contributed by atoms with Crippen molar-refractivity contribution in [3.8, 4) is 11.5 Å². The van der Waals surface area contributed by atoms with E-state index in [4.69, 9.17) is 27.6 Å². The van der Waals surface area contributed by atoms with Crippen molar-refractivity contribution in [3.63, 3.8) is 0 Å². The van der Waals surface area contributed by atoms with Gasteiger partial charge < -0.3 is 14.6 Å². The maximum absolute atomic E-state index is 13.0. The maximum Gasteiger partial charge on any atom is 0.253 e. The van der Waals surface area contributed by atoms with Crippen LogP contribution in [-0.2, 0) is 0 Å². The van der Waals surface area contributed by atoms with Gasteiger partial charge in [0.15, 0.2) is 5.58 Å². The lowest BCUT2D eigenvalue weighted by atomic mass is 9.84. The van der Waals surface area contributed by atoms with Gasteiger partial charge in [-0.25, -0.2) is 4.98 Å². The Labute approximate surface area is 172 Å². The van der Waals surface area contributed by atoms with Gasteiger partial charge in [0.05, 0.1) is 21.2 Å². The van der Waals surface area contributed by atoms with E-state index < -0.39 is 0 Å². The van der Waals surface area contributed by atoms with E-state index >= 15 is 0 Å². The van der Waals surface area contributed by atoms with Gasteiger partial charge in [0.1, 0.15) is 5.52 Å². The number of hydrogen-bond donors (Lipinski definition) is 1. The largest absolute Gasteiger partial charge is 0.436 e. The van der Waals surface area contributed by atoms with Crippen LogP contribution in [0.2, 0.25) is 10.0 Å². The first kappa shape index (κ1) is 18.0. The topological polar surface area (TPSA) is 58.4 Å². The van der Waals surface area contributed by atoms with E-state index in [9.17, 15) is 4.79 Å². The van der Waals surface area contributed by atoms with E-state index in [1.54, 1.807) is 36.4 Å². The van der Waals surface area contributed by atoms with Crippen molar-refractivity contribution >= 4 is 40.2 Å². The number of halogens is 2. The van der Waals surface area contributed by atoms with Crippen molar-refractivity contribution in [1.82, 2.24) is 15.2 Å². The molecule has 3 fully saturated rings. The first-order valence-corrected chi connectivity index (χ1v) is 10.2. The summed E-state index contributed by atoms with van der Waals surface area (Å²) < 4.78 is 5.88. The molecule has 144 valence electrons. The predicted molar refractivity (Wildman–Crippen MR) is 110 cm³/mol. The van der Waals surface area contributed by atoms with Crippen molar-refractivity contribution in [3.05, 3.63) is 52.0 Å².